The van der Waals surface area contributed by atoms with E-state index in [2.05, 4.69) is 10.1 Å². The second-order valence-corrected chi connectivity index (χ2v) is 4.10. The van der Waals surface area contributed by atoms with E-state index in [1.165, 1.54) is 7.05 Å². The lowest BCUT2D eigenvalue weighted by atomic mass is 10.4. The number of nitrogens with one attached hydrogen (secondary N) is 1. The van der Waals surface area contributed by atoms with Gasteiger partial charge in [-0.1, -0.05) is 0 Å². The molecule has 0 aliphatic heterocycles. The number of halogens is 4. The number of aromatic amines is 1. The van der Waals surface area contributed by atoms with Gasteiger partial charge in [0.25, 0.3) is 11.9 Å². The molecule has 0 spiro atoms. The topological polar surface area (TPSA) is 63.6 Å². The normalized spacial score (nSPS) is 10.9. The molecule has 0 amide bonds. The first kappa shape index (κ1) is 12.6. The van der Waals surface area contributed by atoms with Crippen LogP contribution in [0.3, 0.4) is 0 Å². The Labute approximate surface area is 101 Å². The molecule has 0 atom stereocenters. The van der Waals surface area contributed by atoms with Crippen molar-refractivity contribution < 1.29 is 17.6 Å². The SMILES string of the molecule is Cn1c(Sc2c(F)c(F)nc(F)c2F)n[nH]c1=O. The molecule has 5 nitrogen and oxygen atoms in total. The highest BCUT2D eigenvalue weighted by atomic mass is 32.2. The summed E-state index contributed by atoms with van der Waals surface area (Å²) in [5, 5.41) is 5.31. The Balaban J connectivity index is 2.53. The minimum atomic E-state index is -1.77. The summed E-state index contributed by atoms with van der Waals surface area (Å²) in [7, 11) is 1.28. The Kier molecular flexibility index (Phi) is 3.11. The summed E-state index contributed by atoms with van der Waals surface area (Å²) in [6.07, 6.45) is 0. The highest BCUT2D eigenvalue weighted by Gasteiger charge is 2.23. The lowest BCUT2D eigenvalue weighted by Crippen LogP contribution is -2.13. The molecule has 0 unspecified atom stereocenters. The number of nitrogens with zero attached hydrogens (tertiary/aromatic N) is 3. The lowest BCUT2D eigenvalue weighted by Gasteiger charge is -2.04. The minimum Gasteiger partial charge on any atom is -0.273 e. The van der Waals surface area contributed by atoms with Crippen LogP contribution in [0.5, 0.6) is 0 Å². The van der Waals surface area contributed by atoms with Crippen LogP contribution in [0.1, 0.15) is 0 Å². The number of H-pyrrole nitrogens is 1. The standard InChI is InChI=1S/C8H4F4N4OS/c1-16-7(17)14-15-8(16)18-4-2(9)5(11)13-6(12)3(4)10/h1H3,(H,14,17). The maximum Gasteiger partial charge on any atom is 0.343 e. The number of hydrogen-bond acceptors (Lipinski definition) is 4. The Morgan fingerprint density at radius 2 is 1.72 bits per heavy atom. The molecule has 96 valence electrons. The molecular weight excluding hydrogens is 276 g/mol. The molecule has 2 rings (SSSR count). The lowest BCUT2D eigenvalue weighted by molar-refractivity contribution is 0.383. The summed E-state index contributed by atoms with van der Waals surface area (Å²) < 4.78 is 53.1. The summed E-state index contributed by atoms with van der Waals surface area (Å²) in [5.74, 6) is -6.82. The van der Waals surface area contributed by atoms with Crippen LogP contribution >= 0.6 is 11.8 Å². The number of aromatic nitrogens is 4. The van der Waals surface area contributed by atoms with Gasteiger partial charge in [-0.15, -0.1) is 5.10 Å². The van der Waals surface area contributed by atoms with E-state index in [9.17, 15) is 22.4 Å². The van der Waals surface area contributed by atoms with Crippen LogP contribution in [-0.4, -0.2) is 19.7 Å². The first-order valence-corrected chi connectivity index (χ1v) is 5.22. The fourth-order valence-corrected chi connectivity index (χ4v) is 1.91. The van der Waals surface area contributed by atoms with Gasteiger partial charge in [0.2, 0.25) is 0 Å². The van der Waals surface area contributed by atoms with E-state index in [1.54, 1.807) is 0 Å². The number of hydrogen-bond donors (Lipinski definition) is 1. The van der Waals surface area contributed by atoms with Crippen LogP contribution in [-0.2, 0) is 7.05 Å². The van der Waals surface area contributed by atoms with Crippen molar-refractivity contribution in [3.8, 4) is 0 Å². The van der Waals surface area contributed by atoms with Gasteiger partial charge < -0.3 is 0 Å². The second-order valence-electron chi connectivity index (χ2n) is 3.12. The van der Waals surface area contributed by atoms with Gasteiger partial charge in [0.05, 0.1) is 4.90 Å². The maximum atomic E-state index is 13.3. The third-order valence-electron chi connectivity index (χ3n) is 1.99. The third-order valence-corrected chi connectivity index (χ3v) is 3.10. The minimum absolute atomic E-state index is 0.150. The molecule has 0 aliphatic carbocycles. The first-order valence-electron chi connectivity index (χ1n) is 4.41. The van der Waals surface area contributed by atoms with Crippen LogP contribution in [0.2, 0.25) is 0 Å². The van der Waals surface area contributed by atoms with Gasteiger partial charge in [0.1, 0.15) is 0 Å². The van der Waals surface area contributed by atoms with E-state index in [0.717, 1.165) is 4.57 Å². The molecule has 1 N–H and O–H groups in total. The molecule has 0 aliphatic rings. The summed E-state index contributed by atoms with van der Waals surface area (Å²) in [4.78, 5) is 12.5. The molecule has 0 saturated heterocycles. The van der Waals surface area contributed by atoms with Gasteiger partial charge in [0, 0.05) is 7.05 Å². The molecule has 18 heavy (non-hydrogen) atoms. The van der Waals surface area contributed by atoms with E-state index in [-0.39, 0.29) is 16.9 Å². The average Bonchev–Trinajstić information content (AvgIpc) is 2.64. The summed E-state index contributed by atoms with van der Waals surface area (Å²) in [6, 6.07) is 0. The fraction of sp³-hybridized carbons (Fsp3) is 0.125. The number of pyridine rings is 1. The van der Waals surface area contributed by atoms with Gasteiger partial charge in [-0.3, -0.25) is 4.57 Å². The first-order chi connectivity index (χ1) is 8.41. The molecule has 0 saturated carbocycles. The van der Waals surface area contributed by atoms with Crippen molar-refractivity contribution in [1.82, 2.24) is 19.7 Å². The molecule has 0 radical (unpaired) electrons. The van der Waals surface area contributed by atoms with Gasteiger partial charge in [0.15, 0.2) is 16.8 Å². The van der Waals surface area contributed by atoms with Crippen molar-refractivity contribution >= 4 is 11.8 Å². The Bertz CT molecular complexity index is 642. The van der Waals surface area contributed by atoms with E-state index >= 15 is 0 Å². The smallest absolute Gasteiger partial charge is 0.273 e. The highest BCUT2D eigenvalue weighted by Crippen LogP contribution is 2.31. The molecule has 0 fully saturated rings. The van der Waals surface area contributed by atoms with E-state index in [4.69, 9.17) is 0 Å². The molecular formula is C8H4F4N4OS. The van der Waals surface area contributed by atoms with E-state index in [1.807, 2.05) is 5.10 Å². The predicted molar refractivity (Wildman–Crippen MR) is 52.0 cm³/mol. The predicted octanol–water partition coefficient (Wildman–Crippen LogP) is 1.21. The Morgan fingerprint density at radius 1 is 1.17 bits per heavy atom. The zero-order valence-corrected chi connectivity index (χ0v) is 9.49. The average molecular weight is 280 g/mol. The molecule has 2 heterocycles. The van der Waals surface area contributed by atoms with Crippen LogP contribution < -0.4 is 5.69 Å². The summed E-state index contributed by atoms with van der Waals surface area (Å²) in [6.45, 7) is 0. The van der Waals surface area contributed by atoms with E-state index in [0.29, 0.717) is 0 Å². The van der Waals surface area contributed by atoms with Crippen molar-refractivity contribution in [1.29, 1.82) is 0 Å². The van der Waals surface area contributed by atoms with E-state index < -0.39 is 34.1 Å². The third kappa shape index (κ3) is 1.98. The van der Waals surface area contributed by atoms with Gasteiger partial charge >= 0.3 is 5.69 Å². The summed E-state index contributed by atoms with van der Waals surface area (Å²) >= 11 is 0.267. The van der Waals surface area contributed by atoms with Crippen molar-refractivity contribution in [2.24, 2.45) is 7.05 Å². The maximum absolute atomic E-state index is 13.3. The van der Waals surface area contributed by atoms with Crippen molar-refractivity contribution in [3.05, 3.63) is 34.0 Å². The molecule has 0 bridgehead atoms. The van der Waals surface area contributed by atoms with Gasteiger partial charge in [-0.05, 0) is 11.8 Å². The second kappa shape index (κ2) is 4.44. The fourth-order valence-electron chi connectivity index (χ4n) is 1.07. The molecule has 2 aromatic heterocycles. The van der Waals surface area contributed by atoms with Crippen molar-refractivity contribution in [2.75, 3.05) is 0 Å². The van der Waals surface area contributed by atoms with Crippen LogP contribution in [0.4, 0.5) is 17.6 Å². The number of rotatable bonds is 2. The largest absolute Gasteiger partial charge is 0.343 e. The summed E-state index contributed by atoms with van der Waals surface area (Å²) in [5.41, 5.74) is -0.631. The Morgan fingerprint density at radius 3 is 2.17 bits per heavy atom. The monoisotopic (exact) mass is 280 g/mol. The molecule has 2 aromatic rings. The van der Waals surface area contributed by atoms with Crippen LogP contribution in [0, 0.1) is 23.5 Å². The molecule has 10 heteroatoms. The van der Waals surface area contributed by atoms with Crippen molar-refractivity contribution in [3.63, 3.8) is 0 Å². The quantitative estimate of drug-likeness (QED) is 0.663. The van der Waals surface area contributed by atoms with Crippen molar-refractivity contribution in [2.45, 2.75) is 10.1 Å². The molecule has 0 aromatic carbocycles. The van der Waals surface area contributed by atoms with Crippen LogP contribution in [0.25, 0.3) is 0 Å². The highest BCUT2D eigenvalue weighted by molar-refractivity contribution is 7.99. The van der Waals surface area contributed by atoms with Gasteiger partial charge in [-0.25, -0.2) is 18.7 Å². The van der Waals surface area contributed by atoms with Crippen LogP contribution in [0.15, 0.2) is 14.8 Å². The van der Waals surface area contributed by atoms with Gasteiger partial charge in [-0.2, -0.15) is 13.8 Å². The Hall–Kier alpha value is -1.84. The zero-order chi connectivity index (χ0) is 13.4. The zero-order valence-electron chi connectivity index (χ0n) is 8.67.